The summed E-state index contributed by atoms with van der Waals surface area (Å²) in [6.07, 6.45) is 0.376. The Hall–Kier alpha value is -3.97. The number of aliphatic hydroxyl groups excluding tert-OH is 1. The van der Waals surface area contributed by atoms with Crippen molar-refractivity contribution >= 4 is 22.7 Å². The summed E-state index contributed by atoms with van der Waals surface area (Å²) >= 11 is 0. The Morgan fingerprint density at radius 3 is 2.76 bits per heavy atom. The third-order valence-electron chi connectivity index (χ3n) is 6.90. The van der Waals surface area contributed by atoms with Gasteiger partial charge >= 0.3 is 0 Å². The van der Waals surface area contributed by atoms with Crippen LogP contribution in [0.5, 0.6) is 5.75 Å². The fraction of sp³-hybridized carbons (Fsp3) is 0.360. The van der Waals surface area contributed by atoms with E-state index in [1.807, 2.05) is 11.0 Å². The van der Waals surface area contributed by atoms with Crippen molar-refractivity contribution in [1.82, 2.24) is 24.5 Å². The number of fused-ring (bicyclic) bond motifs is 1. The number of benzene rings is 1. The van der Waals surface area contributed by atoms with E-state index < -0.39 is 23.9 Å². The van der Waals surface area contributed by atoms with Crippen LogP contribution in [0.2, 0.25) is 0 Å². The number of nitrogen functional groups attached to an aromatic ring is 1. The summed E-state index contributed by atoms with van der Waals surface area (Å²) in [5, 5.41) is 10.2. The van der Waals surface area contributed by atoms with Gasteiger partial charge in [0.15, 0.2) is 11.5 Å². The van der Waals surface area contributed by atoms with Crippen LogP contribution in [0, 0.1) is 5.82 Å². The smallest absolute Gasteiger partial charge is 0.265 e. The molecule has 4 heterocycles. The van der Waals surface area contributed by atoms with Crippen molar-refractivity contribution in [3.63, 3.8) is 0 Å². The van der Waals surface area contributed by atoms with Gasteiger partial charge in [0, 0.05) is 24.7 Å². The van der Waals surface area contributed by atoms with Crippen LogP contribution in [0.15, 0.2) is 43.1 Å². The second-order valence-corrected chi connectivity index (χ2v) is 9.38. The number of nitrogens with zero attached hydrogens (tertiary/aromatic N) is 6. The fourth-order valence-electron chi connectivity index (χ4n) is 4.93. The molecular weight excluding hydrogens is 501 g/mol. The molecule has 0 aliphatic carbocycles. The third kappa shape index (κ3) is 4.70. The largest absolute Gasteiger partial charge is 0.496 e. The minimum absolute atomic E-state index is 0.00615. The van der Waals surface area contributed by atoms with Crippen LogP contribution < -0.4 is 21.1 Å². The van der Waals surface area contributed by atoms with Crippen LogP contribution in [0.3, 0.4) is 0 Å². The molecule has 5 N–H and O–H groups in total. The number of halogens is 3. The second kappa shape index (κ2) is 10.1. The number of piperidine rings is 1. The number of pyridine rings is 1. The number of aliphatic hydroxyl groups is 1. The van der Waals surface area contributed by atoms with E-state index in [9.17, 15) is 18.3 Å². The van der Waals surface area contributed by atoms with Gasteiger partial charge in [0.1, 0.15) is 29.5 Å². The Kier molecular flexibility index (Phi) is 6.80. The van der Waals surface area contributed by atoms with E-state index in [-0.39, 0.29) is 25.3 Å². The van der Waals surface area contributed by atoms with Crippen molar-refractivity contribution in [3.8, 4) is 17.0 Å². The Morgan fingerprint density at radius 1 is 1.18 bits per heavy atom. The zero-order chi connectivity index (χ0) is 27.0. The first-order chi connectivity index (χ1) is 18.2. The molecule has 200 valence electrons. The molecule has 0 unspecified atom stereocenters. The lowest BCUT2D eigenvalue weighted by molar-refractivity contribution is -0.0529. The number of anilines is 2. The normalized spacial score (nSPS) is 18.8. The van der Waals surface area contributed by atoms with Crippen molar-refractivity contribution in [3.05, 3.63) is 54.5 Å². The van der Waals surface area contributed by atoms with Gasteiger partial charge in [-0.25, -0.2) is 28.1 Å². The fourth-order valence-corrected chi connectivity index (χ4v) is 4.93. The van der Waals surface area contributed by atoms with Crippen molar-refractivity contribution in [2.45, 2.75) is 37.5 Å². The van der Waals surface area contributed by atoms with Gasteiger partial charge in [0.2, 0.25) is 0 Å². The number of aromatic nitrogens is 5. The molecule has 1 fully saturated rings. The van der Waals surface area contributed by atoms with Crippen molar-refractivity contribution in [2.24, 2.45) is 5.73 Å². The lowest BCUT2D eigenvalue weighted by Crippen LogP contribution is -2.63. The average molecular weight is 529 g/mol. The number of hydrogen-bond acceptors (Lipinski definition) is 9. The number of alkyl halides is 2. The van der Waals surface area contributed by atoms with Gasteiger partial charge in [0.25, 0.3) is 6.43 Å². The first-order valence-electron chi connectivity index (χ1n) is 11.9. The van der Waals surface area contributed by atoms with Crippen LogP contribution >= 0.6 is 0 Å². The first-order valence-corrected chi connectivity index (χ1v) is 11.9. The Morgan fingerprint density at radius 2 is 2.00 bits per heavy atom. The number of methoxy groups -OCH3 is 1. The van der Waals surface area contributed by atoms with Gasteiger partial charge in [-0.1, -0.05) is 0 Å². The predicted octanol–water partition coefficient (Wildman–Crippen LogP) is 2.59. The van der Waals surface area contributed by atoms with E-state index in [1.165, 1.54) is 25.6 Å². The van der Waals surface area contributed by atoms with E-state index in [1.54, 1.807) is 23.2 Å². The van der Waals surface area contributed by atoms with E-state index in [0.29, 0.717) is 46.8 Å². The molecule has 13 heteroatoms. The molecule has 38 heavy (non-hydrogen) atoms. The Balaban J connectivity index is 1.59. The Labute approximate surface area is 216 Å². The highest BCUT2D eigenvalue weighted by Crippen LogP contribution is 2.35. The van der Waals surface area contributed by atoms with Gasteiger partial charge < -0.3 is 30.8 Å². The van der Waals surface area contributed by atoms with Crippen molar-refractivity contribution < 1.29 is 23.0 Å². The molecular formula is C25H27F3N8O2. The molecule has 1 aliphatic heterocycles. The summed E-state index contributed by atoms with van der Waals surface area (Å²) in [5.41, 5.74) is 14.2. The number of imidazole rings is 1. The number of hydrogen-bond donors (Lipinski definition) is 3. The number of nitrogens with two attached hydrogens (primary N) is 2. The molecule has 0 radical (unpaired) electrons. The molecule has 0 saturated carbocycles. The topological polar surface area (TPSA) is 141 Å². The molecule has 5 rings (SSSR count). The highest BCUT2D eigenvalue weighted by molar-refractivity contribution is 5.81. The van der Waals surface area contributed by atoms with Gasteiger partial charge in [-0.15, -0.1) is 0 Å². The summed E-state index contributed by atoms with van der Waals surface area (Å²) in [6, 6.07) is 5.98. The second-order valence-electron chi connectivity index (χ2n) is 9.38. The summed E-state index contributed by atoms with van der Waals surface area (Å²) in [5.74, 6) is 0.101. The minimum atomic E-state index is -2.96. The molecule has 1 saturated heterocycles. The number of rotatable bonds is 7. The van der Waals surface area contributed by atoms with Crippen LogP contribution in [0.25, 0.3) is 22.4 Å². The summed E-state index contributed by atoms with van der Waals surface area (Å²) in [6.45, 7) is 0.807. The van der Waals surface area contributed by atoms with Crippen LogP contribution in [0.4, 0.5) is 24.7 Å². The summed E-state index contributed by atoms with van der Waals surface area (Å²) in [7, 11) is 1.44. The van der Waals surface area contributed by atoms with Gasteiger partial charge in [-0.3, -0.25) is 4.98 Å². The van der Waals surface area contributed by atoms with E-state index in [4.69, 9.17) is 16.2 Å². The van der Waals surface area contributed by atoms with E-state index >= 15 is 0 Å². The maximum absolute atomic E-state index is 13.8. The third-order valence-corrected chi connectivity index (χ3v) is 6.90. The average Bonchev–Trinajstić information content (AvgIpc) is 3.32. The SMILES string of the molecule is COc1cc(F)ccc1-c1cc(Cn2cnc3c(N)ncnc32)c(N2CCC[C@](N)([C@@H](O)C(F)F)C2)cn1. The van der Waals surface area contributed by atoms with Crippen LogP contribution in [-0.4, -0.2) is 67.9 Å². The van der Waals surface area contributed by atoms with Crippen LogP contribution in [0.1, 0.15) is 18.4 Å². The molecule has 10 nitrogen and oxygen atoms in total. The molecule has 1 aromatic carbocycles. The lowest BCUT2D eigenvalue weighted by Gasteiger charge is -2.44. The zero-order valence-corrected chi connectivity index (χ0v) is 20.6. The maximum Gasteiger partial charge on any atom is 0.265 e. The molecule has 3 aromatic heterocycles. The monoisotopic (exact) mass is 528 g/mol. The molecule has 0 spiro atoms. The minimum Gasteiger partial charge on any atom is -0.496 e. The predicted molar refractivity (Wildman–Crippen MR) is 135 cm³/mol. The summed E-state index contributed by atoms with van der Waals surface area (Å²) in [4.78, 5) is 19.0. The zero-order valence-electron chi connectivity index (χ0n) is 20.6. The van der Waals surface area contributed by atoms with Crippen molar-refractivity contribution in [2.75, 3.05) is 30.8 Å². The van der Waals surface area contributed by atoms with Gasteiger partial charge in [0.05, 0.1) is 43.1 Å². The van der Waals surface area contributed by atoms with Crippen molar-refractivity contribution in [1.29, 1.82) is 0 Å². The van der Waals surface area contributed by atoms with Gasteiger partial charge in [-0.2, -0.15) is 0 Å². The quantitative estimate of drug-likeness (QED) is 0.330. The summed E-state index contributed by atoms with van der Waals surface area (Å²) < 4.78 is 47.8. The lowest BCUT2D eigenvalue weighted by atomic mass is 9.84. The van der Waals surface area contributed by atoms with Crippen LogP contribution in [-0.2, 0) is 6.54 Å². The molecule has 1 aliphatic rings. The highest BCUT2D eigenvalue weighted by Gasteiger charge is 2.43. The van der Waals surface area contributed by atoms with E-state index in [0.717, 1.165) is 5.56 Å². The first kappa shape index (κ1) is 25.7. The maximum atomic E-state index is 13.8. The molecule has 0 amide bonds. The highest BCUT2D eigenvalue weighted by atomic mass is 19.3. The molecule has 2 atom stereocenters. The van der Waals surface area contributed by atoms with E-state index in [2.05, 4.69) is 19.9 Å². The molecule has 4 aromatic rings. The Bertz CT molecular complexity index is 1470. The number of ether oxygens (including phenoxy) is 1. The molecule has 0 bridgehead atoms. The standard InChI is InChI=1S/C25H27F3N8O2/c1-38-19-8-15(26)3-4-16(19)17-7-14(10-36-13-34-20-23(29)32-12-33-24(20)36)18(9-31-17)35-6-2-5-25(30,11-35)21(37)22(27)28/h3-4,7-9,12-13,21-22,37H,2,5-6,10-11,30H2,1H3,(H2,29,32,33)/t21-,25+/m0/s1. The van der Waals surface area contributed by atoms with Gasteiger partial charge in [-0.05, 0) is 36.6 Å².